The van der Waals surface area contributed by atoms with Crippen molar-refractivity contribution in [1.82, 2.24) is 5.48 Å². The van der Waals surface area contributed by atoms with Crippen LogP contribution in [0, 0.1) is 17.5 Å². The van der Waals surface area contributed by atoms with Gasteiger partial charge in [-0.05, 0) is 42.7 Å². The summed E-state index contributed by atoms with van der Waals surface area (Å²) in [6.45, 7) is 1.60. The largest absolute Gasteiger partial charge is 0.394 e. The van der Waals surface area contributed by atoms with Crippen LogP contribution >= 0.6 is 0 Å². The summed E-state index contributed by atoms with van der Waals surface area (Å²) in [4.78, 5) is 16.9. The minimum absolute atomic E-state index is 0.0860. The first kappa shape index (κ1) is 22.7. The van der Waals surface area contributed by atoms with Crippen LogP contribution < -0.4 is 10.8 Å². The van der Waals surface area contributed by atoms with Crippen LogP contribution in [-0.2, 0) is 11.3 Å². The van der Waals surface area contributed by atoms with Gasteiger partial charge in [-0.25, -0.2) is 18.7 Å². The fourth-order valence-corrected chi connectivity index (χ4v) is 2.79. The average Bonchev–Trinajstić information content (AvgIpc) is 2.70. The van der Waals surface area contributed by atoms with Crippen LogP contribution in [0.3, 0.4) is 0 Å². The van der Waals surface area contributed by atoms with Gasteiger partial charge in [0, 0.05) is 0 Å². The number of hydrogen-bond donors (Lipinski definition) is 3. The molecular weight excluding hydrogens is 385 g/mol. The van der Waals surface area contributed by atoms with Gasteiger partial charge in [0.2, 0.25) is 0 Å². The number of nitrogens with one attached hydrogen (secondary N) is 2. The summed E-state index contributed by atoms with van der Waals surface area (Å²) in [5.74, 6) is -4.01. The molecule has 29 heavy (non-hydrogen) atoms. The monoisotopic (exact) mass is 410 g/mol. The van der Waals surface area contributed by atoms with E-state index in [1.807, 2.05) is 5.48 Å². The predicted octanol–water partition coefficient (Wildman–Crippen LogP) is 4.62. The molecule has 0 fully saturated rings. The van der Waals surface area contributed by atoms with Crippen molar-refractivity contribution in [3.8, 4) is 0 Å². The molecule has 2 aromatic rings. The molecule has 0 aliphatic rings. The van der Waals surface area contributed by atoms with Crippen molar-refractivity contribution in [2.24, 2.45) is 0 Å². The number of unbranched alkanes of at least 4 members (excludes halogenated alkanes) is 3. The van der Waals surface area contributed by atoms with E-state index in [1.54, 1.807) is 6.07 Å². The van der Waals surface area contributed by atoms with E-state index in [0.717, 1.165) is 49.8 Å². The van der Waals surface area contributed by atoms with Crippen LogP contribution in [0.4, 0.5) is 24.5 Å². The molecule has 0 bridgehead atoms. The van der Waals surface area contributed by atoms with Crippen molar-refractivity contribution < 1.29 is 27.9 Å². The Bertz CT molecular complexity index is 831. The second kappa shape index (κ2) is 11.4. The quantitative estimate of drug-likeness (QED) is 0.373. The Kier molecular flexibility index (Phi) is 8.95. The summed E-state index contributed by atoms with van der Waals surface area (Å²) < 4.78 is 42.5. The number of aryl methyl sites for hydroxylation is 1. The zero-order chi connectivity index (χ0) is 21.2. The standard InChI is InChI=1S/C21H25F3N2O3/c1-2-3-4-5-6-14-7-10-18(17(23)13-14)25-20-15(8-9-16(22)19(20)24)21(28)26-29-12-11-27/h7-10,13,25,27H,2-6,11-12H2,1H3,(H,26,28). The van der Waals surface area contributed by atoms with Crippen molar-refractivity contribution in [2.75, 3.05) is 18.5 Å². The zero-order valence-corrected chi connectivity index (χ0v) is 16.2. The van der Waals surface area contributed by atoms with Crippen molar-refractivity contribution in [3.63, 3.8) is 0 Å². The Labute approximate surface area is 167 Å². The molecule has 0 unspecified atom stereocenters. The molecule has 0 atom stereocenters. The molecule has 0 spiro atoms. The summed E-state index contributed by atoms with van der Waals surface area (Å²) in [6, 6.07) is 6.32. The molecule has 0 saturated carbocycles. The maximum atomic E-state index is 14.5. The van der Waals surface area contributed by atoms with E-state index in [2.05, 4.69) is 12.2 Å². The summed E-state index contributed by atoms with van der Waals surface area (Å²) in [6.07, 6.45) is 4.95. The molecule has 8 heteroatoms. The first-order valence-corrected chi connectivity index (χ1v) is 9.54. The zero-order valence-electron chi connectivity index (χ0n) is 16.2. The van der Waals surface area contributed by atoms with Gasteiger partial charge >= 0.3 is 0 Å². The van der Waals surface area contributed by atoms with Gasteiger partial charge in [0.1, 0.15) is 5.82 Å². The van der Waals surface area contributed by atoms with Gasteiger partial charge in [-0.2, -0.15) is 0 Å². The lowest BCUT2D eigenvalue weighted by Gasteiger charge is -2.15. The van der Waals surface area contributed by atoms with Crippen molar-refractivity contribution in [3.05, 3.63) is 58.9 Å². The van der Waals surface area contributed by atoms with Gasteiger partial charge in [-0.1, -0.05) is 32.3 Å². The molecule has 2 rings (SSSR count). The number of hydrogen-bond acceptors (Lipinski definition) is 4. The van der Waals surface area contributed by atoms with E-state index in [1.165, 1.54) is 12.1 Å². The molecule has 2 aromatic carbocycles. The molecule has 3 N–H and O–H groups in total. The number of carbonyl (C=O) groups is 1. The van der Waals surface area contributed by atoms with Crippen LogP contribution in [-0.4, -0.2) is 24.2 Å². The molecular formula is C21H25F3N2O3. The van der Waals surface area contributed by atoms with Crippen LogP contribution in [0.2, 0.25) is 0 Å². The summed E-state index contributed by atoms with van der Waals surface area (Å²) in [7, 11) is 0. The van der Waals surface area contributed by atoms with E-state index >= 15 is 0 Å². The number of anilines is 2. The third-order valence-corrected chi connectivity index (χ3v) is 4.31. The highest BCUT2D eigenvalue weighted by Gasteiger charge is 2.20. The highest BCUT2D eigenvalue weighted by molar-refractivity contribution is 5.99. The van der Waals surface area contributed by atoms with E-state index in [4.69, 9.17) is 9.94 Å². The number of hydroxylamine groups is 1. The fraction of sp³-hybridized carbons (Fsp3) is 0.381. The summed E-state index contributed by atoms with van der Waals surface area (Å²) in [5.41, 5.74) is 1.94. The lowest BCUT2D eigenvalue weighted by Crippen LogP contribution is -2.26. The molecule has 0 aromatic heterocycles. The Hall–Kier alpha value is -2.58. The van der Waals surface area contributed by atoms with Crippen LogP contribution in [0.25, 0.3) is 0 Å². The molecule has 0 saturated heterocycles. The Morgan fingerprint density at radius 3 is 2.55 bits per heavy atom. The topological polar surface area (TPSA) is 70.6 Å². The first-order valence-electron chi connectivity index (χ1n) is 9.54. The lowest BCUT2D eigenvalue weighted by molar-refractivity contribution is 0.0168. The third kappa shape index (κ3) is 6.47. The second-order valence-corrected chi connectivity index (χ2v) is 6.54. The Balaban J connectivity index is 2.20. The van der Waals surface area contributed by atoms with Crippen LogP contribution in [0.1, 0.15) is 48.5 Å². The second-order valence-electron chi connectivity index (χ2n) is 6.54. The van der Waals surface area contributed by atoms with E-state index < -0.39 is 29.0 Å². The number of carbonyl (C=O) groups excluding carboxylic acids is 1. The van der Waals surface area contributed by atoms with E-state index in [0.29, 0.717) is 0 Å². The molecule has 1 amide bonds. The number of rotatable bonds is 11. The third-order valence-electron chi connectivity index (χ3n) is 4.31. The number of benzene rings is 2. The highest BCUT2D eigenvalue weighted by atomic mass is 19.2. The van der Waals surface area contributed by atoms with Gasteiger partial charge in [0.05, 0.1) is 30.2 Å². The fourth-order valence-electron chi connectivity index (χ4n) is 2.79. The van der Waals surface area contributed by atoms with Gasteiger partial charge in [-0.15, -0.1) is 0 Å². The maximum Gasteiger partial charge on any atom is 0.277 e. The molecule has 0 heterocycles. The highest BCUT2D eigenvalue weighted by Crippen LogP contribution is 2.28. The summed E-state index contributed by atoms with van der Waals surface area (Å²) >= 11 is 0. The minimum Gasteiger partial charge on any atom is -0.394 e. The Morgan fingerprint density at radius 1 is 1.07 bits per heavy atom. The van der Waals surface area contributed by atoms with Crippen molar-refractivity contribution in [1.29, 1.82) is 0 Å². The van der Waals surface area contributed by atoms with E-state index in [-0.39, 0.29) is 24.5 Å². The Morgan fingerprint density at radius 2 is 1.86 bits per heavy atom. The van der Waals surface area contributed by atoms with Crippen LogP contribution in [0.15, 0.2) is 30.3 Å². The van der Waals surface area contributed by atoms with Crippen molar-refractivity contribution >= 4 is 17.3 Å². The van der Waals surface area contributed by atoms with Crippen LogP contribution in [0.5, 0.6) is 0 Å². The van der Waals surface area contributed by atoms with Crippen molar-refractivity contribution in [2.45, 2.75) is 39.0 Å². The number of amides is 1. The minimum atomic E-state index is -1.32. The molecule has 0 aliphatic heterocycles. The summed E-state index contributed by atoms with van der Waals surface area (Å²) in [5, 5.41) is 11.1. The van der Waals surface area contributed by atoms with Gasteiger partial charge < -0.3 is 10.4 Å². The number of aliphatic hydroxyl groups is 1. The first-order chi connectivity index (χ1) is 14.0. The number of halogens is 3. The molecule has 5 nitrogen and oxygen atoms in total. The van der Waals surface area contributed by atoms with Gasteiger partial charge in [-0.3, -0.25) is 9.63 Å². The lowest BCUT2D eigenvalue weighted by atomic mass is 10.1. The number of aliphatic hydroxyl groups excluding tert-OH is 1. The van der Waals surface area contributed by atoms with Gasteiger partial charge in [0.25, 0.3) is 5.91 Å². The normalized spacial score (nSPS) is 10.8. The average molecular weight is 410 g/mol. The molecule has 0 radical (unpaired) electrons. The van der Waals surface area contributed by atoms with E-state index in [9.17, 15) is 18.0 Å². The predicted molar refractivity (Wildman–Crippen MR) is 104 cm³/mol. The van der Waals surface area contributed by atoms with Gasteiger partial charge in [0.15, 0.2) is 11.6 Å². The molecule has 0 aliphatic carbocycles. The smallest absolute Gasteiger partial charge is 0.277 e. The molecule has 158 valence electrons. The SMILES string of the molecule is CCCCCCc1ccc(Nc2c(C(=O)NOCCO)ccc(F)c2F)c(F)c1. The maximum absolute atomic E-state index is 14.5.